The minimum Gasteiger partial charge on any atom is -0.494 e. The van der Waals surface area contributed by atoms with E-state index in [9.17, 15) is 13.2 Å². The van der Waals surface area contributed by atoms with Gasteiger partial charge in [0.15, 0.2) is 11.6 Å². The van der Waals surface area contributed by atoms with E-state index in [2.05, 4.69) is 12.7 Å². The van der Waals surface area contributed by atoms with Crippen LogP contribution in [0.15, 0.2) is 67.3 Å². The maximum absolute atomic E-state index is 14.8. The molecule has 176 valence electrons. The fourth-order valence-corrected chi connectivity index (χ4v) is 4.57. The van der Waals surface area contributed by atoms with Gasteiger partial charge in [-0.05, 0) is 79.3 Å². The standard InChI is InChI=1S/C30H29F3O/c1-3-20-5-10-23(11-6-20)27-17-15-24(29(32)30(27)33)14-9-21-7-12-22(13-8-21)26-18-16-25(34-4-2)19-28(26)31/h3,5-6,10-12,15-19,21H,1,4,7-9,13-14H2,2H3. The van der Waals surface area contributed by atoms with Crippen LogP contribution < -0.4 is 4.74 Å². The Labute approximate surface area is 199 Å². The van der Waals surface area contributed by atoms with Crippen molar-refractivity contribution >= 4 is 11.6 Å². The molecule has 0 spiro atoms. The fourth-order valence-electron chi connectivity index (χ4n) is 4.57. The Balaban J connectivity index is 1.39. The van der Waals surface area contributed by atoms with Crippen molar-refractivity contribution in [3.63, 3.8) is 0 Å². The molecule has 3 aromatic rings. The molecule has 0 saturated heterocycles. The Morgan fingerprint density at radius 3 is 2.38 bits per heavy atom. The van der Waals surface area contributed by atoms with Gasteiger partial charge in [-0.3, -0.25) is 0 Å². The van der Waals surface area contributed by atoms with Gasteiger partial charge < -0.3 is 4.74 Å². The second-order valence-electron chi connectivity index (χ2n) is 8.71. The zero-order valence-corrected chi connectivity index (χ0v) is 19.4. The van der Waals surface area contributed by atoms with Crippen LogP contribution in [-0.2, 0) is 6.42 Å². The van der Waals surface area contributed by atoms with Gasteiger partial charge in [-0.2, -0.15) is 0 Å². The summed E-state index contributed by atoms with van der Waals surface area (Å²) in [4.78, 5) is 0. The third kappa shape index (κ3) is 5.27. The third-order valence-corrected chi connectivity index (χ3v) is 6.56. The van der Waals surface area contributed by atoms with Crippen LogP contribution in [0.25, 0.3) is 22.8 Å². The molecule has 0 heterocycles. The molecule has 0 radical (unpaired) electrons. The molecule has 1 nitrogen and oxygen atoms in total. The Kier molecular flexibility index (Phi) is 7.56. The van der Waals surface area contributed by atoms with E-state index in [0.717, 1.165) is 36.8 Å². The first-order chi connectivity index (χ1) is 16.5. The number of rotatable bonds is 8. The first-order valence-corrected chi connectivity index (χ1v) is 11.8. The number of aryl methyl sites for hydroxylation is 1. The predicted molar refractivity (Wildman–Crippen MR) is 133 cm³/mol. The molecule has 0 aromatic heterocycles. The summed E-state index contributed by atoms with van der Waals surface area (Å²) in [5.41, 5.74) is 3.85. The normalized spacial score (nSPS) is 15.6. The van der Waals surface area contributed by atoms with Crippen LogP contribution in [0.3, 0.4) is 0 Å². The summed E-state index contributed by atoms with van der Waals surface area (Å²) >= 11 is 0. The van der Waals surface area contributed by atoms with Gasteiger partial charge in [0.2, 0.25) is 0 Å². The molecule has 1 unspecified atom stereocenters. The van der Waals surface area contributed by atoms with Crippen molar-refractivity contribution < 1.29 is 17.9 Å². The van der Waals surface area contributed by atoms with E-state index in [4.69, 9.17) is 4.74 Å². The van der Waals surface area contributed by atoms with E-state index in [-0.39, 0.29) is 11.4 Å². The molecule has 0 fully saturated rings. The Bertz CT molecular complexity index is 1190. The second-order valence-corrected chi connectivity index (χ2v) is 8.71. The van der Waals surface area contributed by atoms with Crippen LogP contribution >= 0.6 is 0 Å². The number of hydrogen-bond acceptors (Lipinski definition) is 1. The van der Waals surface area contributed by atoms with Crippen molar-refractivity contribution in [2.45, 2.75) is 39.0 Å². The fraction of sp³-hybridized carbons (Fsp3) is 0.267. The van der Waals surface area contributed by atoms with Gasteiger partial charge in [0.25, 0.3) is 0 Å². The van der Waals surface area contributed by atoms with Gasteiger partial charge in [0.1, 0.15) is 11.6 Å². The predicted octanol–water partition coefficient (Wildman–Crippen LogP) is 8.63. The zero-order valence-electron chi connectivity index (χ0n) is 19.4. The molecule has 34 heavy (non-hydrogen) atoms. The minimum absolute atomic E-state index is 0.263. The maximum atomic E-state index is 14.8. The average Bonchev–Trinajstić information content (AvgIpc) is 2.86. The summed E-state index contributed by atoms with van der Waals surface area (Å²) in [7, 11) is 0. The van der Waals surface area contributed by atoms with Crippen molar-refractivity contribution in [2.75, 3.05) is 6.61 Å². The SMILES string of the molecule is C=Cc1ccc(-c2ccc(CCC3CC=C(c4ccc(OCC)cc4F)CC3)c(F)c2F)cc1. The quantitative estimate of drug-likeness (QED) is 0.325. The Morgan fingerprint density at radius 2 is 1.74 bits per heavy atom. The van der Waals surface area contributed by atoms with Crippen molar-refractivity contribution in [2.24, 2.45) is 5.92 Å². The van der Waals surface area contributed by atoms with E-state index >= 15 is 0 Å². The van der Waals surface area contributed by atoms with Crippen molar-refractivity contribution in [3.05, 3.63) is 101 Å². The number of hydrogen-bond donors (Lipinski definition) is 0. The van der Waals surface area contributed by atoms with E-state index in [1.54, 1.807) is 42.5 Å². The van der Waals surface area contributed by atoms with E-state index in [1.807, 2.05) is 19.1 Å². The molecule has 0 amide bonds. The number of halogens is 3. The van der Waals surface area contributed by atoms with Gasteiger partial charge in [-0.1, -0.05) is 55.1 Å². The highest BCUT2D eigenvalue weighted by atomic mass is 19.2. The molecule has 0 N–H and O–H groups in total. The molecule has 1 aliphatic rings. The van der Waals surface area contributed by atoms with Gasteiger partial charge in [0.05, 0.1) is 6.61 Å². The summed E-state index contributed by atoms with van der Waals surface area (Å²) in [6, 6.07) is 15.6. The van der Waals surface area contributed by atoms with Crippen LogP contribution in [0.2, 0.25) is 0 Å². The summed E-state index contributed by atoms with van der Waals surface area (Å²) in [5.74, 6) is -0.947. The lowest BCUT2D eigenvalue weighted by Crippen LogP contribution is -2.08. The first kappa shape index (κ1) is 23.9. The highest BCUT2D eigenvalue weighted by Crippen LogP contribution is 2.35. The summed E-state index contributed by atoms with van der Waals surface area (Å²) in [6.07, 6.45) is 7.51. The third-order valence-electron chi connectivity index (χ3n) is 6.56. The van der Waals surface area contributed by atoms with Crippen LogP contribution in [0.1, 0.15) is 49.3 Å². The van der Waals surface area contributed by atoms with E-state index in [1.165, 1.54) is 6.07 Å². The molecular weight excluding hydrogens is 433 g/mol. The molecule has 0 saturated carbocycles. The number of ether oxygens (including phenoxy) is 1. The summed E-state index contributed by atoms with van der Waals surface area (Å²) in [5, 5.41) is 0. The molecule has 4 heteroatoms. The van der Waals surface area contributed by atoms with E-state index in [0.29, 0.717) is 41.4 Å². The topological polar surface area (TPSA) is 9.23 Å². The molecule has 4 rings (SSSR count). The average molecular weight is 463 g/mol. The monoisotopic (exact) mass is 462 g/mol. The lowest BCUT2D eigenvalue weighted by molar-refractivity contribution is 0.338. The zero-order chi connectivity index (χ0) is 24.1. The number of benzene rings is 3. The Hall–Kier alpha value is -3.27. The highest BCUT2D eigenvalue weighted by Gasteiger charge is 2.20. The molecule has 0 aliphatic heterocycles. The summed E-state index contributed by atoms with van der Waals surface area (Å²) < 4.78 is 49.5. The van der Waals surface area contributed by atoms with Gasteiger partial charge in [-0.15, -0.1) is 0 Å². The van der Waals surface area contributed by atoms with Gasteiger partial charge in [-0.25, -0.2) is 13.2 Å². The van der Waals surface area contributed by atoms with Crippen LogP contribution in [0, 0.1) is 23.4 Å². The summed E-state index contributed by atoms with van der Waals surface area (Å²) in [6.45, 7) is 6.08. The van der Waals surface area contributed by atoms with Crippen molar-refractivity contribution in [1.82, 2.24) is 0 Å². The van der Waals surface area contributed by atoms with Crippen molar-refractivity contribution in [3.8, 4) is 16.9 Å². The van der Waals surface area contributed by atoms with Gasteiger partial charge in [0, 0.05) is 17.2 Å². The smallest absolute Gasteiger partial charge is 0.166 e. The van der Waals surface area contributed by atoms with Crippen LogP contribution in [0.5, 0.6) is 5.75 Å². The number of allylic oxidation sites excluding steroid dienone is 2. The second kappa shape index (κ2) is 10.8. The first-order valence-electron chi connectivity index (χ1n) is 11.8. The minimum atomic E-state index is -0.805. The maximum Gasteiger partial charge on any atom is 0.166 e. The lowest BCUT2D eigenvalue weighted by Gasteiger charge is -2.23. The van der Waals surface area contributed by atoms with Crippen molar-refractivity contribution in [1.29, 1.82) is 0 Å². The van der Waals surface area contributed by atoms with Gasteiger partial charge >= 0.3 is 0 Å². The molecule has 3 aromatic carbocycles. The molecule has 1 aliphatic carbocycles. The van der Waals surface area contributed by atoms with Crippen LogP contribution in [0.4, 0.5) is 13.2 Å². The highest BCUT2D eigenvalue weighted by molar-refractivity contribution is 5.68. The van der Waals surface area contributed by atoms with E-state index < -0.39 is 11.6 Å². The Morgan fingerprint density at radius 1 is 0.971 bits per heavy atom. The molecular formula is C30H29F3O. The molecule has 1 atom stereocenters. The lowest BCUT2D eigenvalue weighted by atomic mass is 9.83. The molecule has 0 bridgehead atoms. The largest absolute Gasteiger partial charge is 0.494 e. The van der Waals surface area contributed by atoms with Crippen LogP contribution in [-0.4, -0.2) is 6.61 Å².